The zero-order chi connectivity index (χ0) is 10.2. The Hall–Kier alpha value is -0.120. The van der Waals surface area contributed by atoms with Crippen LogP contribution in [0.25, 0.3) is 0 Å². The zero-order valence-electron chi connectivity index (χ0n) is 9.08. The van der Waals surface area contributed by atoms with Crippen LogP contribution in [0.3, 0.4) is 0 Å². The van der Waals surface area contributed by atoms with E-state index in [1.807, 2.05) is 0 Å². The molecule has 1 rings (SSSR count). The van der Waals surface area contributed by atoms with E-state index in [2.05, 4.69) is 6.92 Å². The summed E-state index contributed by atoms with van der Waals surface area (Å²) in [4.78, 5) is 0. The Labute approximate surface area is 86.4 Å². The summed E-state index contributed by atoms with van der Waals surface area (Å²) in [6.45, 7) is 3.91. The van der Waals surface area contributed by atoms with E-state index in [-0.39, 0.29) is 6.29 Å². The largest absolute Gasteiger partial charge is 0.396 e. The van der Waals surface area contributed by atoms with Gasteiger partial charge in [-0.25, -0.2) is 0 Å². The highest BCUT2D eigenvalue weighted by Crippen LogP contribution is 2.14. The average molecular weight is 202 g/mol. The summed E-state index contributed by atoms with van der Waals surface area (Å²) < 4.78 is 10.7. The first-order chi connectivity index (χ1) is 6.83. The molecule has 0 spiro atoms. The number of rotatable bonds is 7. The van der Waals surface area contributed by atoms with E-state index in [9.17, 15) is 0 Å². The topological polar surface area (TPSA) is 38.7 Å². The molecule has 1 aliphatic heterocycles. The lowest BCUT2D eigenvalue weighted by Gasteiger charge is -2.09. The van der Waals surface area contributed by atoms with E-state index in [0.717, 1.165) is 26.1 Å². The van der Waals surface area contributed by atoms with Crippen molar-refractivity contribution in [3.63, 3.8) is 0 Å². The Bertz CT molecular complexity index is 132. The first kappa shape index (κ1) is 12.0. The van der Waals surface area contributed by atoms with Crippen molar-refractivity contribution in [2.24, 2.45) is 5.92 Å². The van der Waals surface area contributed by atoms with Crippen molar-refractivity contribution in [1.29, 1.82) is 0 Å². The third kappa shape index (κ3) is 4.94. The first-order valence-electron chi connectivity index (χ1n) is 5.67. The lowest BCUT2D eigenvalue weighted by atomic mass is 10.0. The third-order valence-electron chi connectivity index (χ3n) is 2.64. The molecule has 0 aliphatic carbocycles. The van der Waals surface area contributed by atoms with Crippen LogP contribution >= 0.6 is 0 Å². The molecule has 0 bridgehead atoms. The molecule has 1 heterocycles. The molecular formula is C11H22O3. The van der Waals surface area contributed by atoms with Gasteiger partial charge in [-0.3, -0.25) is 0 Å². The predicted molar refractivity (Wildman–Crippen MR) is 55.0 cm³/mol. The van der Waals surface area contributed by atoms with Crippen molar-refractivity contribution in [1.82, 2.24) is 0 Å². The minimum absolute atomic E-state index is 0.0604. The molecule has 0 radical (unpaired) electrons. The number of hydrogen-bond acceptors (Lipinski definition) is 3. The summed E-state index contributed by atoms with van der Waals surface area (Å²) in [5, 5.41) is 8.82. The second-order valence-corrected chi connectivity index (χ2v) is 4.10. The molecule has 1 N–H and O–H groups in total. The van der Waals surface area contributed by atoms with Crippen molar-refractivity contribution in [2.45, 2.75) is 45.3 Å². The van der Waals surface area contributed by atoms with Crippen LogP contribution in [0.5, 0.6) is 0 Å². The van der Waals surface area contributed by atoms with Gasteiger partial charge in [-0.05, 0) is 25.2 Å². The van der Waals surface area contributed by atoms with E-state index in [1.165, 1.54) is 19.3 Å². The van der Waals surface area contributed by atoms with Gasteiger partial charge in [0.15, 0.2) is 6.29 Å². The van der Waals surface area contributed by atoms with Gasteiger partial charge in [-0.15, -0.1) is 0 Å². The maximum Gasteiger partial charge on any atom is 0.157 e. The summed E-state index contributed by atoms with van der Waals surface area (Å²) in [5.74, 6) is 0.453. The molecule has 1 fully saturated rings. The van der Waals surface area contributed by atoms with E-state index < -0.39 is 0 Å². The minimum Gasteiger partial charge on any atom is -0.396 e. The van der Waals surface area contributed by atoms with Crippen LogP contribution in [0.4, 0.5) is 0 Å². The second kappa shape index (κ2) is 7.21. The van der Waals surface area contributed by atoms with Gasteiger partial charge in [-0.1, -0.05) is 19.8 Å². The second-order valence-electron chi connectivity index (χ2n) is 4.10. The average Bonchev–Trinajstić information content (AvgIpc) is 2.69. The predicted octanol–water partition coefficient (Wildman–Crippen LogP) is 1.94. The van der Waals surface area contributed by atoms with Crippen LogP contribution in [-0.2, 0) is 9.47 Å². The Morgan fingerprint density at radius 3 is 2.57 bits per heavy atom. The number of aliphatic hydroxyl groups excluding tert-OH is 1. The number of hydrogen-bond donors (Lipinski definition) is 1. The van der Waals surface area contributed by atoms with Crippen LogP contribution < -0.4 is 0 Å². The van der Waals surface area contributed by atoms with Crippen LogP contribution in [-0.4, -0.2) is 31.2 Å². The number of ether oxygens (including phenoxy) is 2. The molecule has 14 heavy (non-hydrogen) atoms. The molecule has 1 atom stereocenters. The molecule has 0 saturated carbocycles. The highest BCUT2D eigenvalue weighted by atomic mass is 16.7. The first-order valence-corrected chi connectivity index (χ1v) is 5.67. The normalized spacial score (nSPS) is 20.1. The number of aliphatic hydroxyl groups is 1. The van der Waals surface area contributed by atoms with Crippen molar-refractivity contribution in [2.75, 3.05) is 19.8 Å². The fourth-order valence-corrected chi connectivity index (χ4v) is 1.65. The molecule has 3 nitrogen and oxygen atoms in total. The van der Waals surface area contributed by atoms with Crippen LogP contribution in [0.15, 0.2) is 0 Å². The monoisotopic (exact) mass is 202 g/mol. The molecule has 84 valence electrons. The van der Waals surface area contributed by atoms with Crippen molar-refractivity contribution >= 4 is 0 Å². The van der Waals surface area contributed by atoms with Crippen molar-refractivity contribution in [3.8, 4) is 0 Å². The highest BCUT2D eigenvalue weighted by Gasteiger charge is 2.14. The van der Waals surface area contributed by atoms with Crippen LogP contribution in [0.1, 0.15) is 39.0 Å². The molecule has 0 aromatic carbocycles. The SMILES string of the molecule is CC(CO)CCCCCC1OCCO1. The quantitative estimate of drug-likeness (QED) is 0.641. The maximum atomic E-state index is 8.82. The summed E-state index contributed by atoms with van der Waals surface area (Å²) in [5.41, 5.74) is 0. The van der Waals surface area contributed by atoms with E-state index in [4.69, 9.17) is 14.6 Å². The lowest BCUT2D eigenvalue weighted by molar-refractivity contribution is -0.0480. The van der Waals surface area contributed by atoms with Crippen LogP contribution in [0.2, 0.25) is 0 Å². The molecule has 1 unspecified atom stereocenters. The van der Waals surface area contributed by atoms with Crippen LogP contribution in [0, 0.1) is 5.92 Å². The van der Waals surface area contributed by atoms with Gasteiger partial charge in [0.2, 0.25) is 0 Å². The molecule has 0 aromatic rings. The van der Waals surface area contributed by atoms with Gasteiger partial charge < -0.3 is 14.6 Å². The molecule has 1 aliphatic rings. The Balaban J connectivity index is 1.84. The summed E-state index contributed by atoms with van der Waals surface area (Å²) >= 11 is 0. The minimum atomic E-state index is 0.0604. The van der Waals surface area contributed by atoms with Gasteiger partial charge in [-0.2, -0.15) is 0 Å². The van der Waals surface area contributed by atoms with Gasteiger partial charge in [0.25, 0.3) is 0 Å². The fraction of sp³-hybridized carbons (Fsp3) is 1.00. The maximum absolute atomic E-state index is 8.82. The summed E-state index contributed by atoms with van der Waals surface area (Å²) in [6, 6.07) is 0. The highest BCUT2D eigenvalue weighted by molar-refractivity contribution is 4.55. The Kier molecular flexibility index (Phi) is 6.15. The van der Waals surface area contributed by atoms with E-state index in [0.29, 0.717) is 12.5 Å². The summed E-state index contributed by atoms with van der Waals surface area (Å²) in [6.07, 6.45) is 5.80. The molecule has 0 aromatic heterocycles. The van der Waals surface area contributed by atoms with Gasteiger partial charge in [0, 0.05) is 6.61 Å². The molecule has 3 heteroatoms. The molecule has 1 saturated heterocycles. The lowest BCUT2D eigenvalue weighted by Crippen LogP contribution is -2.07. The fourth-order valence-electron chi connectivity index (χ4n) is 1.65. The van der Waals surface area contributed by atoms with Crippen molar-refractivity contribution < 1.29 is 14.6 Å². The zero-order valence-corrected chi connectivity index (χ0v) is 9.08. The number of unbranched alkanes of at least 4 members (excludes halogenated alkanes) is 2. The van der Waals surface area contributed by atoms with Crippen molar-refractivity contribution in [3.05, 3.63) is 0 Å². The third-order valence-corrected chi connectivity index (χ3v) is 2.64. The van der Waals surface area contributed by atoms with Gasteiger partial charge in [0.05, 0.1) is 13.2 Å². The standard InChI is InChI=1S/C11H22O3/c1-10(9-12)5-3-2-4-6-11-13-7-8-14-11/h10-12H,2-9H2,1H3. The smallest absolute Gasteiger partial charge is 0.157 e. The Morgan fingerprint density at radius 2 is 1.93 bits per heavy atom. The Morgan fingerprint density at radius 1 is 1.21 bits per heavy atom. The van der Waals surface area contributed by atoms with Gasteiger partial charge >= 0.3 is 0 Å². The summed E-state index contributed by atoms with van der Waals surface area (Å²) in [7, 11) is 0. The van der Waals surface area contributed by atoms with Gasteiger partial charge in [0.1, 0.15) is 0 Å². The molecule has 0 amide bonds. The molecular weight excluding hydrogens is 180 g/mol. The van der Waals surface area contributed by atoms with E-state index in [1.54, 1.807) is 0 Å². The van der Waals surface area contributed by atoms with E-state index >= 15 is 0 Å².